The minimum Gasteiger partial charge on any atom is -0.468 e. The van der Waals surface area contributed by atoms with Crippen LogP contribution in [-0.4, -0.2) is 49.8 Å². The molecule has 1 aliphatic carbocycles. The molecule has 1 N–H and O–H groups in total. The molecule has 0 aromatic carbocycles. The fourth-order valence-corrected chi connectivity index (χ4v) is 3.51. The van der Waals surface area contributed by atoms with Crippen LogP contribution in [0.15, 0.2) is 22.8 Å². The van der Waals surface area contributed by atoms with Crippen molar-refractivity contribution in [3.05, 3.63) is 24.2 Å². The molecule has 1 aromatic rings. The summed E-state index contributed by atoms with van der Waals surface area (Å²) in [5.41, 5.74) is 0. The van der Waals surface area contributed by atoms with Crippen LogP contribution >= 0.6 is 0 Å². The van der Waals surface area contributed by atoms with E-state index in [-0.39, 0.29) is 6.54 Å². The maximum atomic E-state index is 12.5. The SMILES string of the molecule is CCN(Cc1ccco1)S(=O)(=O)N(C)CCCNC1CC1. The van der Waals surface area contributed by atoms with Gasteiger partial charge in [-0.1, -0.05) is 6.92 Å². The first-order chi connectivity index (χ1) is 10.0. The monoisotopic (exact) mass is 315 g/mol. The zero-order valence-electron chi connectivity index (χ0n) is 12.8. The van der Waals surface area contributed by atoms with Crippen LogP contribution in [0.25, 0.3) is 0 Å². The Labute approximate surface area is 127 Å². The highest BCUT2D eigenvalue weighted by Crippen LogP contribution is 2.18. The summed E-state index contributed by atoms with van der Waals surface area (Å²) < 4.78 is 33.1. The highest BCUT2D eigenvalue weighted by Gasteiger charge is 2.26. The highest BCUT2D eigenvalue weighted by atomic mass is 32.2. The molecule has 2 rings (SSSR count). The molecule has 0 amide bonds. The highest BCUT2D eigenvalue weighted by molar-refractivity contribution is 7.86. The van der Waals surface area contributed by atoms with Gasteiger partial charge in [-0.2, -0.15) is 17.0 Å². The van der Waals surface area contributed by atoms with Gasteiger partial charge in [-0.15, -0.1) is 0 Å². The molecule has 0 aliphatic heterocycles. The van der Waals surface area contributed by atoms with Gasteiger partial charge in [0.05, 0.1) is 12.8 Å². The van der Waals surface area contributed by atoms with Gasteiger partial charge >= 0.3 is 0 Å². The maximum Gasteiger partial charge on any atom is 0.282 e. The summed E-state index contributed by atoms with van der Waals surface area (Å²) in [5, 5.41) is 3.39. The van der Waals surface area contributed by atoms with Crippen molar-refractivity contribution in [2.24, 2.45) is 0 Å². The molecule has 0 bridgehead atoms. The van der Waals surface area contributed by atoms with Crippen molar-refractivity contribution >= 4 is 10.2 Å². The Kier molecular flexibility index (Phi) is 5.80. The zero-order chi connectivity index (χ0) is 15.3. The zero-order valence-corrected chi connectivity index (χ0v) is 13.6. The molecule has 1 heterocycles. The van der Waals surface area contributed by atoms with Gasteiger partial charge in [0.15, 0.2) is 0 Å². The third kappa shape index (κ3) is 4.81. The first-order valence-corrected chi connectivity index (χ1v) is 8.91. The lowest BCUT2D eigenvalue weighted by Crippen LogP contribution is -2.42. The molecule has 120 valence electrons. The summed E-state index contributed by atoms with van der Waals surface area (Å²) in [6.45, 7) is 3.93. The van der Waals surface area contributed by atoms with E-state index in [0.717, 1.165) is 13.0 Å². The van der Waals surface area contributed by atoms with E-state index in [1.54, 1.807) is 25.4 Å². The minimum absolute atomic E-state index is 0.274. The van der Waals surface area contributed by atoms with Gasteiger partial charge in [-0.25, -0.2) is 0 Å². The fraction of sp³-hybridized carbons (Fsp3) is 0.714. The summed E-state index contributed by atoms with van der Waals surface area (Å²) >= 11 is 0. The van der Waals surface area contributed by atoms with Crippen molar-refractivity contribution in [1.82, 2.24) is 13.9 Å². The van der Waals surface area contributed by atoms with Gasteiger partial charge < -0.3 is 9.73 Å². The first kappa shape index (κ1) is 16.5. The van der Waals surface area contributed by atoms with Gasteiger partial charge in [-0.3, -0.25) is 0 Å². The second-order valence-electron chi connectivity index (χ2n) is 5.42. The smallest absolute Gasteiger partial charge is 0.282 e. The standard InChI is InChI=1S/C14H25N3O3S/c1-3-17(12-14-6-4-11-20-14)21(18,19)16(2)10-5-9-15-13-7-8-13/h4,6,11,13,15H,3,5,7-10,12H2,1-2H3. The normalized spacial score (nSPS) is 16.0. The average Bonchev–Trinajstić information content (AvgIpc) is 3.14. The van der Waals surface area contributed by atoms with Crippen molar-refractivity contribution in [3.63, 3.8) is 0 Å². The van der Waals surface area contributed by atoms with E-state index in [2.05, 4.69) is 5.32 Å². The number of nitrogens with zero attached hydrogens (tertiary/aromatic N) is 2. The van der Waals surface area contributed by atoms with Gasteiger partial charge in [0.25, 0.3) is 10.2 Å². The van der Waals surface area contributed by atoms with E-state index in [4.69, 9.17) is 4.42 Å². The molecule has 0 radical (unpaired) electrons. The van der Waals surface area contributed by atoms with Crippen LogP contribution in [-0.2, 0) is 16.8 Å². The predicted molar refractivity (Wildman–Crippen MR) is 82.0 cm³/mol. The number of rotatable bonds is 10. The van der Waals surface area contributed by atoms with Gasteiger partial charge in [0, 0.05) is 26.2 Å². The number of nitrogens with one attached hydrogen (secondary N) is 1. The molecule has 0 atom stereocenters. The lowest BCUT2D eigenvalue weighted by Gasteiger charge is -2.26. The van der Waals surface area contributed by atoms with Gasteiger partial charge in [0.1, 0.15) is 5.76 Å². The molecule has 0 spiro atoms. The van der Waals surface area contributed by atoms with Crippen LogP contribution < -0.4 is 5.32 Å². The van der Waals surface area contributed by atoms with E-state index in [9.17, 15) is 8.42 Å². The van der Waals surface area contributed by atoms with Crippen LogP contribution in [0.3, 0.4) is 0 Å². The second-order valence-corrected chi connectivity index (χ2v) is 7.45. The Morgan fingerprint density at radius 1 is 1.43 bits per heavy atom. The molecule has 1 aliphatic rings. The van der Waals surface area contributed by atoms with Crippen molar-refractivity contribution in [2.75, 3.05) is 26.7 Å². The Hall–Kier alpha value is -0.890. The first-order valence-electron chi connectivity index (χ1n) is 7.51. The molecule has 21 heavy (non-hydrogen) atoms. The second kappa shape index (κ2) is 7.40. The van der Waals surface area contributed by atoms with Crippen molar-refractivity contribution in [2.45, 2.75) is 38.8 Å². The summed E-state index contributed by atoms with van der Waals surface area (Å²) in [4.78, 5) is 0. The molecule has 1 saturated carbocycles. The summed E-state index contributed by atoms with van der Waals surface area (Å²) in [6, 6.07) is 4.22. The van der Waals surface area contributed by atoms with E-state index in [1.807, 2.05) is 6.92 Å². The van der Waals surface area contributed by atoms with Crippen LogP contribution in [0.4, 0.5) is 0 Å². The molecule has 1 aromatic heterocycles. The Morgan fingerprint density at radius 3 is 2.76 bits per heavy atom. The van der Waals surface area contributed by atoms with Crippen LogP contribution in [0.5, 0.6) is 0 Å². The average molecular weight is 315 g/mol. The quantitative estimate of drug-likeness (QED) is 0.663. The molecule has 7 heteroatoms. The molecule has 1 fully saturated rings. The van der Waals surface area contributed by atoms with Crippen LogP contribution in [0, 0.1) is 0 Å². The summed E-state index contributed by atoms with van der Waals surface area (Å²) in [7, 11) is -1.80. The predicted octanol–water partition coefficient (Wildman–Crippen LogP) is 1.42. The lowest BCUT2D eigenvalue weighted by molar-refractivity contribution is 0.337. The van der Waals surface area contributed by atoms with Gasteiger partial charge in [-0.05, 0) is 37.9 Å². The molecular weight excluding hydrogens is 290 g/mol. The fourth-order valence-electron chi connectivity index (χ4n) is 2.14. The largest absolute Gasteiger partial charge is 0.468 e. The Balaban J connectivity index is 1.83. The van der Waals surface area contributed by atoms with Crippen molar-refractivity contribution < 1.29 is 12.8 Å². The number of hydrogen-bond acceptors (Lipinski definition) is 4. The van der Waals surface area contributed by atoms with E-state index >= 15 is 0 Å². The van der Waals surface area contributed by atoms with E-state index in [1.165, 1.54) is 21.5 Å². The minimum atomic E-state index is -3.43. The van der Waals surface area contributed by atoms with Crippen LogP contribution in [0.2, 0.25) is 0 Å². The van der Waals surface area contributed by atoms with E-state index in [0.29, 0.717) is 24.9 Å². The third-order valence-corrected chi connectivity index (χ3v) is 5.66. The molecule has 0 saturated heterocycles. The Bertz CT molecular complexity index is 512. The third-order valence-electron chi connectivity index (χ3n) is 3.65. The van der Waals surface area contributed by atoms with Gasteiger partial charge in [0.2, 0.25) is 0 Å². The Morgan fingerprint density at radius 2 is 2.19 bits per heavy atom. The molecule has 6 nitrogen and oxygen atoms in total. The lowest BCUT2D eigenvalue weighted by atomic mass is 10.4. The maximum absolute atomic E-state index is 12.5. The van der Waals surface area contributed by atoms with Crippen LogP contribution in [0.1, 0.15) is 31.9 Å². The number of hydrogen-bond donors (Lipinski definition) is 1. The number of furan rings is 1. The topological polar surface area (TPSA) is 65.8 Å². The summed E-state index contributed by atoms with van der Waals surface area (Å²) in [5.74, 6) is 0.657. The molecular formula is C14H25N3O3S. The van der Waals surface area contributed by atoms with Crippen molar-refractivity contribution in [3.8, 4) is 0 Å². The summed E-state index contributed by atoms with van der Waals surface area (Å²) in [6.07, 6.45) is 4.88. The molecule has 0 unspecified atom stereocenters. The van der Waals surface area contributed by atoms with E-state index < -0.39 is 10.2 Å². The van der Waals surface area contributed by atoms with Crippen molar-refractivity contribution in [1.29, 1.82) is 0 Å².